The van der Waals surface area contributed by atoms with Crippen molar-refractivity contribution in [2.45, 2.75) is 112 Å². The summed E-state index contributed by atoms with van der Waals surface area (Å²) in [4.78, 5) is 0. The molecule has 1 aliphatic carbocycles. The first-order valence-corrected chi connectivity index (χ1v) is 13.9. The number of hydrogen-bond donors (Lipinski definition) is 0. The molecular formula is C36H46. The molecule has 1 atom stereocenters. The summed E-state index contributed by atoms with van der Waals surface area (Å²) in [6, 6.07) is 14.6. The summed E-state index contributed by atoms with van der Waals surface area (Å²) >= 11 is 0. The van der Waals surface area contributed by atoms with Crippen LogP contribution in [0, 0.1) is 5.41 Å². The van der Waals surface area contributed by atoms with Gasteiger partial charge in [-0.1, -0.05) is 126 Å². The van der Waals surface area contributed by atoms with E-state index in [0.29, 0.717) is 5.92 Å². The van der Waals surface area contributed by atoms with Crippen LogP contribution in [0.5, 0.6) is 0 Å². The van der Waals surface area contributed by atoms with E-state index in [1.165, 1.54) is 54.2 Å². The quantitative estimate of drug-likeness (QED) is 0.174. The summed E-state index contributed by atoms with van der Waals surface area (Å²) < 4.78 is 0. The molecular weight excluding hydrogens is 432 g/mol. The van der Waals surface area contributed by atoms with Crippen LogP contribution < -0.4 is 5.22 Å². The van der Waals surface area contributed by atoms with Gasteiger partial charge in [-0.25, -0.2) is 0 Å². The van der Waals surface area contributed by atoms with E-state index in [1.807, 2.05) is 0 Å². The molecule has 0 spiro atoms. The molecule has 0 heterocycles. The van der Waals surface area contributed by atoms with Gasteiger partial charge in [0.15, 0.2) is 0 Å². The fourth-order valence-corrected chi connectivity index (χ4v) is 6.83. The molecule has 0 heteroatoms. The Bertz CT molecular complexity index is 1540. The second-order valence-electron chi connectivity index (χ2n) is 15.5. The van der Waals surface area contributed by atoms with E-state index in [2.05, 4.69) is 126 Å². The lowest BCUT2D eigenvalue weighted by molar-refractivity contribution is 0.322. The Hall–Kier alpha value is -2.34. The molecule has 4 aromatic rings. The highest BCUT2D eigenvalue weighted by Gasteiger charge is 2.35. The predicted molar refractivity (Wildman–Crippen MR) is 162 cm³/mol. The van der Waals surface area contributed by atoms with Gasteiger partial charge < -0.3 is 0 Å². The highest BCUT2D eigenvalue weighted by Crippen LogP contribution is 2.49. The topological polar surface area (TPSA) is 0 Å². The second-order valence-corrected chi connectivity index (χ2v) is 15.5. The average Bonchev–Trinajstić information content (AvgIpc) is 2.73. The minimum absolute atomic E-state index is 0.0803. The SMILES string of the molecule is CC(C)(C)c1ccc2c3c1C(C(C)(C)C)CC=c3c1ccc(C(C)(C)C)c3c(C(C)(C)C)ccc2c31. The molecule has 190 valence electrons. The van der Waals surface area contributed by atoms with Crippen LogP contribution in [0.4, 0.5) is 0 Å². The fourth-order valence-electron chi connectivity index (χ4n) is 6.83. The third kappa shape index (κ3) is 3.70. The molecule has 0 nitrogen and oxygen atoms in total. The lowest BCUT2D eigenvalue weighted by Crippen LogP contribution is -2.28. The van der Waals surface area contributed by atoms with Gasteiger partial charge in [0.1, 0.15) is 0 Å². The normalized spacial score (nSPS) is 17.3. The predicted octanol–water partition coefficient (Wildman–Crippen LogP) is 10.1. The highest BCUT2D eigenvalue weighted by molar-refractivity contribution is 6.24. The molecule has 0 N–H and O–H groups in total. The molecule has 0 bridgehead atoms. The van der Waals surface area contributed by atoms with Crippen molar-refractivity contribution in [3.05, 3.63) is 63.9 Å². The van der Waals surface area contributed by atoms with Crippen molar-refractivity contribution in [2.24, 2.45) is 5.41 Å². The summed E-state index contributed by atoms with van der Waals surface area (Å²) in [5, 5.41) is 10.2. The molecule has 0 radical (unpaired) electrons. The zero-order valence-corrected chi connectivity index (χ0v) is 24.8. The Morgan fingerprint density at radius 1 is 0.500 bits per heavy atom. The molecule has 0 fully saturated rings. The van der Waals surface area contributed by atoms with E-state index >= 15 is 0 Å². The molecule has 36 heavy (non-hydrogen) atoms. The summed E-state index contributed by atoms with van der Waals surface area (Å²) in [5.74, 6) is 0.519. The summed E-state index contributed by atoms with van der Waals surface area (Å²) in [6.45, 7) is 28.6. The van der Waals surface area contributed by atoms with Crippen LogP contribution in [0.25, 0.3) is 38.4 Å². The molecule has 1 aliphatic rings. The van der Waals surface area contributed by atoms with E-state index in [9.17, 15) is 0 Å². The minimum Gasteiger partial charge on any atom is -0.0754 e. The number of fused-ring (bicyclic) bond motifs is 2. The monoisotopic (exact) mass is 478 g/mol. The molecule has 0 aliphatic heterocycles. The van der Waals surface area contributed by atoms with Crippen LogP contribution in [-0.4, -0.2) is 0 Å². The van der Waals surface area contributed by atoms with Crippen LogP contribution in [0.1, 0.15) is 118 Å². The zero-order chi connectivity index (χ0) is 26.6. The van der Waals surface area contributed by atoms with Gasteiger partial charge >= 0.3 is 0 Å². The lowest BCUT2D eigenvalue weighted by Gasteiger charge is -2.38. The van der Waals surface area contributed by atoms with Crippen molar-refractivity contribution in [3.8, 4) is 0 Å². The fraction of sp³-hybridized carbons (Fsp3) is 0.500. The van der Waals surface area contributed by atoms with Crippen molar-refractivity contribution in [3.63, 3.8) is 0 Å². The number of hydrogen-bond acceptors (Lipinski definition) is 0. The van der Waals surface area contributed by atoms with Gasteiger partial charge in [0.25, 0.3) is 0 Å². The highest BCUT2D eigenvalue weighted by atomic mass is 14.4. The van der Waals surface area contributed by atoms with Gasteiger partial charge in [0, 0.05) is 0 Å². The van der Waals surface area contributed by atoms with E-state index in [-0.39, 0.29) is 21.7 Å². The third-order valence-electron chi connectivity index (χ3n) is 8.63. The van der Waals surface area contributed by atoms with Gasteiger partial charge in [-0.05, 0) is 93.8 Å². The van der Waals surface area contributed by atoms with Crippen molar-refractivity contribution in [1.82, 2.24) is 0 Å². The van der Waals surface area contributed by atoms with Crippen LogP contribution in [0.15, 0.2) is 36.4 Å². The first kappa shape index (κ1) is 25.3. The van der Waals surface area contributed by atoms with Crippen molar-refractivity contribution < 1.29 is 0 Å². The maximum atomic E-state index is 2.58. The van der Waals surface area contributed by atoms with Gasteiger partial charge in [-0.15, -0.1) is 0 Å². The Morgan fingerprint density at radius 3 is 1.42 bits per heavy atom. The van der Waals surface area contributed by atoms with Crippen LogP contribution >= 0.6 is 0 Å². The van der Waals surface area contributed by atoms with Gasteiger partial charge in [-0.3, -0.25) is 0 Å². The molecule has 0 saturated heterocycles. The van der Waals surface area contributed by atoms with Crippen LogP contribution in [0.3, 0.4) is 0 Å². The maximum Gasteiger partial charge on any atom is -0.00205 e. The summed E-state index contributed by atoms with van der Waals surface area (Å²) in [6.07, 6.45) is 3.68. The minimum atomic E-state index is 0.0803. The Balaban J connectivity index is 2.09. The first-order chi connectivity index (χ1) is 16.4. The van der Waals surface area contributed by atoms with E-state index in [4.69, 9.17) is 0 Å². The second kappa shape index (κ2) is 7.59. The third-order valence-corrected chi connectivity index (χ3v) is 8.63. The standard InChI is InChI=1S/C36H46/c1-33(2,3)25-17-13-21-23-15-19-27(35(7,8)9)32-28(36(10,11)12)20-16-24(30(23)32)22-14-18-26(34(4,5)6)31(25)29(21)22/h13-19,28H,20H2,1-12H3. The van der Waals surface area contributed by atoms with Gasteiger partial charge in [0.2, 0.25) is 0 Å². The average molecular weight is 479 g/mol. The number of rotatable bonds is 0. The van der Waals surface area contributed by atoms with Crippen LogP contribution in [0.2, 0.25) is 0 Å². The molecule has 4 aromatic carbocycles. The lowest BCUT2D eigenvalue weighted by atomic mass is 9.66. The molecule has 5 rings (SSSR count). The molecule has 0 amide bonds. The van der Waals surface area contributed by atoms with E-state index < -0.39 is 0 Å². The van der Waals surface area contributed by atoms with Crippen LogP contribution in [-0.2, 0) is 16.2 Å². The molecule has 0 saturated carbocycles. The first-order valence-electron chi connectivity index (χ1n) is 13.9. The van der Waals surface area contributed by atoms with Crippen molar-refractivity contribution >= 4 is 38.4 Å². The van der Waals surface area contributed by atoms with E-state index in [0.717, 1.165) is 6.42 Å². The Morgan fingerprint density at radius 2 is 0.944 bits per heavy atom. The molecule has 1 unspecified atom stereocenters. The zero-order valence-electron chi connectivity index (χ0n) is 24.8. The van der Waals surface area contributed by atoms with Gasteiger partial charge in [-0.2, -0.15) is 0 Å². The summed E-state index contributed by atoms with van der Waals surface area (Å²) in [5.41, 5.74) is 6.52. The van der Waals surface area contributed by atoms with Crippen molar-refractivity contribution in [1.29, 1.82) is 0 Å². The largest absolute Gasteiger partial charge is 0.0754 e. The van der Waals surface area contributed by atoms with E-state index in [1.54, 1.807) is 5.56 Å². The Labute approximate surface area is 219 Å². The Kier molecular flexibility index (Phi) is 5.34. The van der Waals surface area contributed by atoms with Crippen molar-refractivity contribution in [2.75, 3.05) is 0 Å². The molecule has 0 aromatic heterocycles. The van der Waals surface area contributed by atoms with Gasteiger partial charge in [0.05, 0.1) is 0 Å². The number of benzene rings is 4. The maximum absolute atomic E-state index is 2.58. The summed E-state index contributed by atoms with van der Waals surface area (Å²) in [7, 11) is 0. The smallest absolute Gasteiger partial charge is 0.00205 e.